The van der Waals surface area contributed by atoms with Gasteiger partial charge in [0.25, 0.3) is 0 Å². The van der Waals surface area contributed by atoms with E-state index < -0.39 is 0 Å². The predicted octanol–water partition coefficient (Wildman–Crippen LogP) is 1.96. The highest BCUT2D eigenvalue weighted by atomic mass is 16.5. The number of amidine groups is 1. The van der Waals surface area contributed by atoms with Gasteiger partial charge in [-0.15, -0.1) is 0 Å². The van der Waals surface area contributed by atoms with Crippen LogP contribution in [-0.4, -0.2) is 23.8 Å². The molecule has 15 heavy (non-hydrogen) atoms. The van der Waals surface area contributed by atoms with Crippen LogP contribution in [0.3, 0.4) is 0 Å². The van der Waals surface area contributed by atoms with Crippen molar-refractivity contribution in [3.8, 4) is 0 Å². The fourth-order valence-electron chi connectivity index (χ4n) is 2.03. The molecule has 0 aromatic carbocycles. The molecule has 0 aromatic heterocycles. The molecule has 0 saturated heterocycles. The molecule has 1 aliphatic rings. The molecule has 0 aliphatic heterocycles. The zero-order valence-electron chi connectivity index (χ0n) is 9.65. The Morgan fingerprint density at radius 2 is 2.13 bits per heavy atom. The Hall–Kier alpha value is -0.770. The first kappa shape index (κ1) is 12.3. The van der Waals surface area contributed by atoms with Crippen molar-refractivity contribution in [1.29, 1.82) is 0 Å². The van der Waals surface area contributed by atoms with Crippen molar-refractivity contribution in [1.82, 2.24) is 0 Å². The molecule has 1 fully saturated rings. The minimum atomic E-state index is 0.243. The molecule has 0 bridgehead atoms. The Balaban J connectivity index is 2.17. The molecule has 4 nitrogen and oxygen atoms in total. The molecule has 0 amide bonds. The van der Waals surface area contributed by atoms with Gasteiger partial charge in [0, 0.05) is 6.42 Å². The van der Waals surface area contributed by atoms with Gasteiger partial charge in [-0.25, -0.2) is 0 Å². The van der Waals surface area contributed by atoms with Crippen molar-refractivity contribution < 1.29 is 9.94 Å². The van der Waals surface area contributed by atoms with Gasteiger partial charge in [-0.3, -0.25) is 0 Å². The number of ether oxygens (including phenoxy) is 1. The normalized spacial score (nSPS) is 32.9. The fourth-order valence-corrected chi connectivity index (χ4v) is 2.03. The summed E-state index contributed by atoms with van der Waals surface area (Å²) in [6, 6.07) is 0. The SMILES string of the molecule is CC1CCC(OCCC(N)=NO)CC1C. The maximum absolute atomic E-state index is 8.36. The van der Waals surface area contributed by atoms with Crippen molar-refractivity contribution in [2.24, 2.45) is 22.7 Å². The van der Waals surface area contributed by atoms with Crippen LogP contribution in [0.2, 0.25) is 0 Å². The summed E-state index contributed by atoms with van der Waals surface area (Å²) in [5.74, 6) is 1.80. The quantitative estimate of drug-likeness (QED) is 0.325. The van der Waals surface area contributed by atoms with E-state index in [2.05, 4.69) is 19.0 Å². The van der Waals surface area contributed by atoms with Gasteiger partial charge >= 0.3 is 0 Å². The lowest BCUT2D eigenvalue weighted by Gasteiger charge is -2.31. The van der Waals surface area contributed by atoms with Gasteiger partial charge in [0.05, 0.1) is 12.7 Å². The maximum Gasteiger partial charge on any atom is 0.141 e. The molecule has 1 aliphatic carbocycles. The van der Waals surface area contributed by atoms with E-state index in [0.717, 1.165) is 24.7 Å². The highest BCUT2D eigenvalue weighted by molar-refractivity contribution is 5.79. The Morgan fingerprint density at radius 3 is 2.73 bits per heavy atom. The van der Waals surface area contributed by atoms with Crippen LogP contribution in [0.15, 0.2) is 5.16 Å². The lowest BCUT2D eigenvalue weighted by molar-refractivity contribution is 0.00588. The second kappa shape index (κ2) is 5.95. The molecule has 88 valence electrons. The van der Waals surface area contributed by atoms with Gasteiger partial charge in [-0.2, -0.15) is 0 Å². The van der Waals surface area contributed by atoms with E-state index in [0.29, 0.717) is 19.1 Å². The highest BCUT2D eigenvalue weighted by Gasteiger charge is 2.24. The second-order valence-electron chi connectivity index (χ2n) is 4.60. The molecule has 0 heterocycles. The fraction of sp³-hybridized carbons (Fsp3) is 0.909. The largest absolute Gasteiger partial charge is 0.409 e. The zero-order chi connectivity index (χ0) is 11.3. The minimum Gasteiger partial charge on any atom is -0.409 e. The van der Waals surface area contributed by atoms with Crippen molar-refractivity contribution in [3.05, 3.63) is 0 Å². The Labute approximate surface area is 91.5 Å². The Morgan fingerprint density at radius 1 is 1.40 bits per heavy atom. The van der Waals surface area contributed by atoms with E-state index in [1.54, 1.807) is 0 Å². The van der Waals surface area contributed by atoms with Gasteiger partial charge in [0.15, 0.2) is 0 Å². The van der Waals surface area contributed by atoms with Crippen molar-refractivity contribution >= 4 is 5.84 Å². The summed E-state index contributed by atoms with van der Waals surface area (Å²) in [6.07, 6.45) is 4.40. The van der Waals surface area contributed by atoms with Gasteiger partial charge < -0.3 is 15.7 Å². The lowest BCUT2D eigenvalue weighted by atomic mass is 9.80. The van der Waals surface area contributed by atoms with Gasteiger partial charge in [-0.1, -0.05) is 19.0 Å². The molecule has 1 rings (SSSR count). The third kappa shape index (κ3) is 4.08. The van der Waals surface area contributed by atoms with E-state index >= 15 is 0 Å². The number of hydrogen-bond acceptors (Lipinski definition) is 3. The summed E-state index contributed by atoms with van der Waals surface area (Å²) in [6.45, 7) is 5.14. The second-order valence-corrected chi connectivity index (χ2v) is 4.60. The first-order valence-corrected chi connectivity index (χ1v) is 5.71. The van der Waals surface area contributed by atoms with Crippen molar-refractivity contribution in [2.75, 3.05) is 6.61 Å². The molecule has 3 N–H and O–H groups in total. The Bertz CT molecular complexity index is 219. The highest BCUT2D eigenvalue weighted by Crippen LogP contribution is 2.30. The lowest BCUT2D eigenvalue weighted by Crippen LogP contribution is -2.27. The van der Waals surface area contributed by atoms with Crippen LogP contribution in [0, 0.1) is 11.8 Å². The van der Waals surface area contributed by atoms with E-state index in [1.807, 2.05) is 0 Å². The van der Waals surface area contributed by atoms with Crippen LogP contribution in [0.5, 0.6) is 0 Å². The molecular formula is C11H22N2O2. The summed E-state index contributed by atoms with van der Waals surface area (Å²) >= 11 is 0. The number of hydrogen-bond donors (Lipinski definition) is 2. The average molecular weight is 214 g/mol. The van der Waals surface area contributed by atoms with Crippen LogP contribution in [0.4, 0.5) is 0 Å². The molecule has 3 atom stereocenters. The van der Waals surface area contributed by atoms with E-state index in [-0.39, 0.29) is 5.84 Å². The number of rotatable bonds is 4. The molecule has 0 spiro atoms. The van der Waals surface area contributed by atoms with E-state index in [1.165, 1.54) is 6.42 Å². The minimum absolute atomic E-state index is 0.243. The number of oxime groups is 1. The first-order valence-electron chi connectivity index (χ1n) is 5.71. The molecular weight excluding hydrogens is 192 g/mol. The smallest absolute Gasteiger partial charge is 0.141 e. The van der Waals surface area contributed by atoms with Crippen molar-refractivity contribution in [2.45, 2.75) is 45.6 Å². The summed E-state index contributed by atoms with van der Waals surface area (Å²) in [5.41, 5.74) is 5.36. The molecule has 1 saturated carbocycles. The zero-order valence-corrected chi connectivity index (χ0v) is 9.65. The number of nitrogens with two attached hydrogens (primary N) is 1. The van der Waals surface area contributed by atoms with Crippen molar-refractivity contribution in [3.63, 3.8) is 0 Å². The maximum atomic E-state index is 8.36. The first-order chi connectivity index (χ1) is 7.13. The monoisotopic (exact) mass is 214 g/mol. The average Bonchev–Trinajstić information content (AvgIpc) is 2.23. The molecule has 3 unspecified atom stereocenters. The summed E-state index contributed by atoms with van der Waals surface area (Å²) < 4.78 is 5.70. The van der Waals surface area contributed by atoms with Crippen LogP contribution >= 0.6 is 0 Å². The van der Waals surface area contributed by atoms with Gasteiger partial charge in [0.2, 0.25) is 0 Å². The summed E-state index contributed by atoms with van der Waals surface area (Å²) in [5, 5.41) is 11.3. The third-order valence-electron chi connectivity index (χ3n) is 3.39. The number of nitrogens with zero attached hydrogens (tertiary/aromatic N) is 1. The predicted molar refractivity (Wildman–Crippen MR) is 59.9 cm³/mol. The topological polar surface area (TPSA) is 67.8 Å². The van der Waals surface area contributed by atoms with E-state index in [4.69, 9.17) is 15.7 Å². The van der Waals surface area contributed by atoms with Gasteiger partial charge in [-0.05, 0) is 31.1 Å². The molecule has 0 radical (unpaired) electrons. The summed E-state index contributed by atoms with van der Waals surface area (Å²) in [4.78, 5) is 0. The van der Waals surface area contributed by atoms with Crippen LogP contribution in [0.1, 0.15) is 39.5 Å². The summed E-state index contributed by atoms with van der Waals surface area (Å²) in [7, 11) is 0. The standard InChI is InChI=1S/C11H22N2O2/c1-8-3-4-10(7-9(8)2)15-6-5-11(12)13-14/h8-10,14H,3-7H2,1-2H3,(H2,12,13). The van der Waals surface area contributed by atoms with Crippen LogP contribution in [-0.2, 0) is 4.74 Å². The molecule has 4 heteroatoms. The van der Waals surface area contributed by atoms with Gasteiger partial charge in [0.1, 0.15) is 5.84 Å². The van der Waals surface area contributed by atoms with Crippen LogP contribution in [0.25, 0.3) is 0 Å². The van der Waals surface area contributed by atoms with E-state index in [9.17, 15) is 0 Å². The Kier molecular flexibility index (Phi) is 4.88. The van der Waals surface area contributed by atoms with Crippen LogP contribution < -0.4 is 5.73 Å². The third-order valence-corrected chi connectivity index (χ3v) is 3.39. The molecule has 0 aromatic rings.